The van der Waals surface area contributed by atoms with E-state index in [4.69, 9.17) is 10.5 Å². The van der Waals surface area contributed by atoms with Crippen LogP contribution in [-0.2, 0) is 0 Å². The Kier molecular flexibility index (Phi) is 6.43. The molecule has 31 heavy (non-hydrogen) atoms. The highest BCUT2D eigenvalue weighted by molar-refractivity contribution is 6.02. The summed E-state index contributed by atoms with van der Waals surface area (Å²) < 4.78 is 5.57. The third-order valence-corrected chi connectivity index (χ3v) is 5.65. The molecule has 2 atom stereocenters. The zero-order valence-electron chi connectivity index (χ0n) is 17.5. The molecule has 1 aliphatic rings. The van der Waals surface area contributed by atoms with E-state index in [1.54, 1.807) is 19.4 Å². The van der Waals surface area contributed by atoms with Crippen molar-refractivity contribution in [2.24, 2.45) is 5.73 Å². The third kappa shape index (κ3) is 4.83. The zero-order valence-corrected chi connectivity index (χ0v) is 17.5. The van der Waals surface area contributed by atoms with Gasteiger partial charge in [-0.3, -0.25) is 4.79 Å². The molecule has 1 heterocycles. The third-order valence-electron chi connectivity index (χ3n) is 5.65. The van der Waals surface area contributed by atoms with Crippen molar-refractivity contribution in [1.29, 1.82) is 0 Å². The van der Waals surface area contributed by atoms with Gasteiger partial charge in [-0.15, -0.1) is 0 Å². The van der Waals surface area contributed by atoms with Gasteiger partial charge in [-0.2, -0.15) is 0 Å². The molecule has 0 spiro atoms. The van der Waals surface area contributed by atoms with E-state index >= 15 is 0 Å². The van der Waals surface area contributed by atoms with E-state index in [1.807, 2.05) is 42.5 Å². The number of nitrogens with two attached hydrogens (primary N) is 1. The quantitative estimate of drug-likeness (QED) is 0.562. The topological polar surface area (TPSA) is 102 Å². The Morgan fingerprint density at radius 3 is 2.71 bits per heavy atom. The van der Waals surface area contributed by atoms with Gasteiger partial charge in [0.2, 0.25) is 0 Å². The second-order valence-corrected chi connectivity index (χ2v) is 7.71. The molecule has 4 rings (SSSR count). The number of hydrogen-bond acceptors (Lipinski definition) is 6. The second-order valence-electron chi connectivity index (χ2n) is 7.71. The van der Waals surface area contributed by atoms with Crippen LogP contribution in [-0.4, -0.2) is 35.1 Å². The van der Waals surface area contributed by atoms with Crippen molar-refractivity contribution in [3.63, 3.8) is 0 Å². The summed E-state index contributed by atoms with van der Waals surface area (Å²) in [6.45, 7) is 0. The number of methoxy groups -OCH3 is 1. The number of amides is 1. The number of carbonyl (C=O) groups is 1. The highest BCUT2D eigenvalue weighted by atomic mass is 16.5. The molecule has 1 unspecified atom stereocenters. The van der Waals surface area contributed by atoms with Crippen molar-refractivity contribution >= 4 is 17.4 Å². The summed E-state index contributed by atoms with van der Waals surface area (Å²) in [6.07, 6.45) is 7.20. The van der Waals surface area contributed by atoms with Crippen LogP contribution < -0.4 is 21.1 Å². The second kappa shape index (κ2) is 9.57. The van der Waals surface area contributed by atoms with Crippen LogP contribution in [0.5, 0.6) is 5.75 Å². The van der Waals surface area contributed by atoms with Crippen molar-refractivity contribution < 1.29 is 9.53 Å². The lowest BCUT2D eigenvalue weighted by molar-refractivity contribution is 0.0922. The predicted molar refractivity (Wildman–Crippen MR) is 121 cm³/mol. The van der Waals surface area contributed by atoms with Crippen LogP contribution in [0.3, 0.4) is 0 Å². The summed E-state index contributed by atoms with van der Waals surface area (Å²) >= 11 is 0. The van der Waals surface area contributed by atoms with Crippen LogP contribution in [0.1, 0.15) is 36.0 Å². The molecular weight excluding hydrogens is 390 g/mol. The van der Waals surface area contributed by atoms with Crippen LogP contribution in [0.4, 0.5) is 11.5 Å². The lowest BCUT2D eigenvalue weighted by atomic mass is 9.90. The van der Waals surface area contributed by atoms with E-state index in [0.717, 1.165) is 42.5 Å². The normalized spacial score (nSPS) is 18.3. The largest absolute Gasteiger partial charge is 0.496 e. The molecule has 2 aromatic carbocycles. The Balaban J connectivity index is 1.70. The molecular formula is C24H27N5O2. The van der Waals surface area contributed by atoms with Crippen molar-refractivity contribution in [3.8, 4) is 16.9 Å². The fourth-order valence-electron chi connectivity index (χ4n) is 4.01. The van der Waals surface area contributed by atoms with Gasteiger partial charge in [-0.25, -0.2) is 9.97 Å². The van der Waals surface area contributed by atoms with Crippen LogP contribution in [0.15, 0.2) is 61.1 Å². The molecule has 0 bridgehead atoms. The fraction of sp³-hybridized carbons (Fsp3) is 0.292. The van der Waals surface area contributed by atoms with E-state index in [1.165, 1.54) is 6.33 Å². The number of hydrogen-bond donors (Lipinski definition) is 3. The van der Waals surface area contributed by atoms with Crippen LogP contribution in [0.2, 0.25) is 0 Å². The van der Waals surface area contributed by atoms with E-state index in [9.17, 15) is 4.79 Å². The lowest BCUT2D eigenvalue weighted by Gasteiger charge is -2.29. The van der Waals surface area contributed by atoms with E-state index in [0.29, 0.717) is 17.1 Å². The van der Waals surface area contributed by atoms with Gasteiger partial charge in [0, 0.05) is 40.7 Å². The van der Waals surface area contributed by atoms with E-state index in [-0.39, 0.29) is 18.0 Å². The summed E-state index contributed by atoms with van der Waals surface area (Å²) in [6, 6.07) is 15.1. The van der Waals surface area contributed by atoms with Crippen molar-refractivity contribution in [1.82, 2.24) is 15.3 Å². The molecule has 1 aromatic heterocycles. The standard InChI is InChI=1S/C24H27N5O2/c1-31-22-9-5-2-6-17(22)19-14-16(28-23-12-13-26-15-27-23)10-11-18(19)24(30)29-21-8-4-3-7-20(21)25/h2,5-6,9-15,20-21H,3-4,7-8,25H2,1H3,(H,29,30)(H,26,27,28)/t20-,21?/m0/s1. The van der Waals surface area contributed by atoms with Crippen molar-refractivity contribution in [2.75, 3.05) is 12.4 Å². The van der Waals surface area contributed by atoms with Gasteiger partial charge in [0.25, 0.3) is 5.91 Å². The lowest BCUT2D eigenvalue weighted by Crippen LogP contribution is -2.49. The molecule has 1 aliphatic carbocycles. The molecule has 1 fully saturated rings. The SMILES string of the molecule is COc1ccccc1-c1cc(Nc2ccncn2)ccc1C(=O)NC1CCCC[C@@H]1N. The number of carbonyl (C=O) groups excluding carboxylic acids is 1. The number of nitrogens with one attached hydrogen (secondary N) is 2. The number of rotatable bonds is 6. The first-order valence-corrected chi connectivity index (χ1v) is 10.5. The van der Waals surface area contributed by atoms with Crippen LogP contribution >= 0.6 is 0 Å². The number of benzene rings is 2. The summed E-state index contributed by atoms with van der Waals surface area (Å²) in [7, 11) is 1.63. The summed E-state index contributed by atoms with van der Waals surface area (Å²) in [5, 5.41) is 6.42. The number of anilines is 2. The number of aromatic nitrogens is 2. The minimum absolute atomic E-state index is 0.00823. The molecule has 160 valence electrons. The summed E-state index contributed by atoms with van der Waals surface area (Å²) in [5.74, 6) is 1.24. The Hall–Kier alpha value is -3.45. The van der Waals surface area contributed by atoms with Gasteiger partial charge >= 0.3 is 0 Å². The Morgan fingerprint density at radius 1 is 1.10 bits per heavy atom. The fourth-order valence-corrected chi connectivity index (χ4v) is 4.01. The minimum atomic E-state index is -0.128. The van der Waals surface area contributed by atoms with Crippen LogP contribution in [0.25, 0.3) is 11.1 Å². The highest BCUT2D eigenvalue weighted by Crippen LogP contribution is 2.35. The van der Waals surface area contributed by atoms with Gasteiger partial charge in [0.1, 0.15) is 17.9 Å². The zero-order chi connectivity index (χ0) is 21.6. The van der Waals surface area contributed by atoms with E-state index in [2.05, 4.69) is 20.6 Å². The predicted octanol–water partition coefficient (Wildman–Crippen LogP) is 3.90. The van der Waals surface area contributed by atoms with Gasteiger partial charge in [-0.05, 0) is 43.2 Å². The Labute approximate surface area is 182 Å². The molecule has 7 heteroatoms. The van der Waals surface area contributed by atoms with Gasteiger partial charge < -0.3 is 21.1 Å². The molecule has 4 N–H and O–H groups in total. The maximum Gasteiger partial charge on any atom is 0.252 e. The molecule has 0 radical (unpaired) electrons. The Bertz CT molecular complexity index is 1040. The smallest absolute Gasteiger partial charge is 0.252 e. The molecule has 0 aliphatic heterocycles. The highest BCUT2D eigenvalue weighted by Gasteiger charge is 2.25. The minimum Gasteiger partial charge on any atom is -0.496 e. The van der Waals surface area contributed by atoms with Crippen molar-refractivity contribution in [3.05, 3.63) is 66.6 Å². The number of para-hydroxylation sites is 1. The average molecular weight is 418 g/mol. The molecule has 0 saturated heterocycles. The van der Waals surface area contributed by atoms with Gasteiger partial charge in [0.15, 0.2) is 0 Å². The summed E-state index contributed by atoms with van der Waals surface area (Å²) in [4.78, 5) is 21.4. The first-order valence-electron chi connectivity index (χ1n) is 10.5. The maximum atomic E-state index is 13.3. The summed E-state index contributed by atoms with van der Waals surface area (Å²) in [5.41, 5.74) is 9.26. The van der Waals surface area contributed by atoms with Crippen LogP contribution in [0, 0.1) is 0 Å². The van der Waals surface area contributed by atoms with Gasteiger partial charge in [0.05, 0.1) is 7.11 Å². The van der Waals surface area contributed by atoms with Gasteiger partial charge in [-0.1, -0.05) is 31.0 Å². The first-order chi connectivity index (χ1) is 15.2. The molecule has 3 aromatic rings. The monoisotopic (exact) mass is 417 g/mol. The first kappa shape index (κ1) is 20.8. The number of ether oxygens (including phenoxy) is 1. The molecule has 1 saturated carbocycles. The Morgan fingerprint density at radius 2 is 1.94 bits per heavy atom. The molecule has 7 nitrogen and oxygen atoms in total. The number of nitrogens with zero attached hydrogens (tertiary/aromatic N) is 2. The molecule has 1 amide bonds. The average Bonchev–Trinajstić information content (AvgIpc) is 2.81. The van der Waals surface area contributed by atoms with E-state index < -0.39 is 0 Å². The van der Waals surface area contributed by atoms with Crippen molar-refractivity contribution in [2.45, 2.75) is 37.8 Å². The maximum absolute atomic E-state index is 13.3.